The molecule has 7 nitrogen and oxygen atoms in total. The lowest BCUT2D eigenvalue weighted by Crippen LogP contribution is -2.36. The quantitative estimate of drug-likeness (QED) is 0.516. The van der Waals surface area contributed by atoms with Crippen molar-refractivity contribution in [1.29, 1.82) is 0 Å². The smallest absolute Gasteiger partial charge is 0.191 e. The van der Waals surface area contributed by atoms with E-state index in [-0.39, 0.29) is 0 Å². The molecule has 3 aromatic rings. The summed E-state index contributed by atoms with van der Waals surface area (Å²) in [6.45, 7) is 5.66. The van der Waals surface area contributed by atoms with Crippen LogP contribution in [0.5, 0.6) is 0 Å². The number of benzene rings is 1. The minimum Gasteiger partial charge on any atom is -0.352 e. The molecule has 0 aliphatic rings. The molecule has 0 amide bonds. The molecule has 0 radical (unpaired) electrons. The Labute approximate surface area is 157 Å². The number of aliphatic imine (C=N–C) groups is 1. The maximum Gasteiger partial charge on any atom is 0.191 e. The van der Waals surface area contributed by atoms with Crippen LogP contribution in [0.25, 0.3) is 5.69 Å². The molecule has 0 bridgehead atoms. The van der Waals surface area contributed by atoms with E-state index in [1.54, 1.807) is 29.4 Å². The Morgan fingerprint density at radius 3 is 2.58 bits per heavy atom. The largest absolute Gasteiger partial charge is 0.352 e. The number of hydrogen-bond acceptors (Lipinski definition) is 5. The van der Waals surface area contributed by atoms with E-state index in [4.69, 9.17) is 0 Å². The number of aromatic nitrogens is 4. The second-order valence-electron chi connectivity index (χ2n) is 6.11. The maximum atomic E-state index is 4.63. The van der Waals surface area contributed by atoms with Crippen molar-refractivity contribution in [2.75, 3.05) is 7.05 Å². The van der Waals surface area contributed by atoms with Crippen LogP contribution < -0.4 is 10.6 Å². The Kier molecular flexibility index (Phi) is 5.96. The van der Waals surface area contributed by atoms with Gasteiger partial charge in [0.1, 0.15) is 17.7 Å². The Balaban J connectivity index is 1.50. The van der Waals surface area contributed by atoms with E-state index >= 15 is 0 Å². The highest BCUT2D eigenvalue weighted by molar-refractivity contribution is 7.09. The molecule has 1 aromatic carbocycles. The second kappa shape index (κ2) is 8.57. The molecule has 0 atom stereocenters. The lowest BCUT2D eigenvalue weighted by molar-refractivity contribution is 0.784. The predicted octanol–water partition coefficient (Wildman–Crippen LogP) is 2.71. The average molecular weight is 369 g/mol. The van der Waals surface area contributed by atoms with Crippen molar-refractivity contribution in [3.63, 3.8) is 0 Å². The van der Waals surface area contributed by atoms with Gasteiger partial charge in [0.15, 0.2) is 5.96 Å². The van der Waals surface area contributed by atoms with Crippen LogP contribution in [-0.2, 0) is 13.1 Å². The molecule has 0 saturated carbocycles. The van der Waals surface area contributed by atoms with Crippen molar-refractivity contribution in [2.45, 2.75) is 32.9 Å². The summed E-state index contributed by atoms with van der Waals surface area (Å²) in [5.74, 6) is 1.21. The molecule has 0 unspecified atom stereocenters. The van der Waals surface area contributed by atoms with Crippen molar-refractivity contribution in [3.05, 3.63) is 58.6 Å². The minimum absolute atomic E-state index is 0.456. The van der Waals surface area contributed by atoms with Gasteiger partial charge < -0.3 is 10.6 Å². The van der Waals surface area contributed by atoms with E-state index in [1.807, 2.05) is 12.1 Å². The van der Waals surface area contributed by atoms with Crippen molar-refractivity contribution < 1.29 is 0 Å². The molecule has 0 fully saturated rings. The van der Waals surface area contributed by atoms with Crippen LogP contribution in [0, 0.1) is 0 Å². The fourth-order valence-electron chi connectivity index (χ4n) is 2.35. The lowest BCUT2D eigenvalue weighted by atomic mass is 10.2. The van der Waals surface area contributed by atoms with Gasteiger partial charge in [-0.1, -0.05) is 26.0 Å². The van der Waals surface area contributed by atoms with E-state index < -0.39 is 0 Å². The summed E-state index contributed by atoms with van der Waals surface area (Å²) in [7, 11) is 1.77. The lowest BCUT2D eigenvalue weighted by Gasteiger charge is -2.11. The molecule has 2 N–H and O–H groups in total. The van der Waals surface area contributed by atoms with Crippen LogP contribution in [0.4, 0.5) is 0 Å². The molecule has 0 spiro atoms. The first-order valence-electron chi connectivity index (χ1n) is 8.48. The summed E-state index contributed by atoms with van der Waals surface area (Å²) in [6, 6.07) is 8.16. The van der Waals surface area contributed by atoms with Gasteiger partial charge in [-0.25, -0.2) is 14.6 Å². The Morgan fingerprint density at radius 2 is 1.96 bits per heavy atom. The highest BCUT2D eigenvalue weighted by Gasteiger charge is 2.06. The molecular weight excluding hydrogens is 346 g/mol. The summed E-state index contributed by atoms with van der Waals surface area (Å²) in [5.41, 5.74) is 3.29. The molecule has 0 aliphatic heterocycles. The molecule has 3 rings (SSSR count). The van der Waals surface area contributed by atoms with Crippen LogP contribution in [0.1, 0.15) is 36.0 Å². The summed E-state index contributed by atoms with van der Waals surface area (Å²) >= 11 is 1.68. The van der Waals surface area contributed by atoms with E-state index in [2.05, 4.69) is 62.1 Å². The van der Waals surface area contributed by atoms with Crippen LogP contribution in [0.2, 0.25) is 0 Å². The Bertz CT molecular complexity index is 835. The fourth-order valence-corrected chi connectivity index (χ4v) is 3.24. The first kappa shape index (κ1) is 18.1. The third-order valence-electron chi connectivity index (χ3n) is 3.87. The number of guanidine groups is 1. The molecule has 0 saturated heterocycles. The van der Waals surface area contributed by atoms with E-state index in [0.29, 0.717) is 19.0 Å². The van der Waals surface area contributed by atoms with Crippen molar-refractivity contribution >= 4 is 17.3 Å². The molecule has 136 valence electrons. The molecule has 8 heteroatoms. The van der Waals surface area contributed by atoms with Crippen LogP contribution in [-0.4, -0.2) is 32.8 Å². The zero-order valence-electron chi connectivity index (χ0n) is 15.2. The standard InChI is InChI=1S/C18H23N7S/c1-13(2)16-10-26-17(24-16)9-22-18(19-3)21-8-14-4-6-15(7-5-14)25-12-20-11-23-25/h4-7,10-13H,8-9H2,1-3H3,(H2,19,21,22). The van der Waals surface area contributed by atoms with Gasteiger partial charge in [0.25, 0.3) is 0 Å². The normalized spacial score (nSPS) is 11.8. The first-order valence-corrected chi connectivity index (χ1v) is 9.36. The van der Waals surface area contributed by atoms with Gasteiger partial charge in [-0.15, -0.1) is 11.3 Å². The number of nitrogens with zero attached hydrogens (tertiary/aromatic N) is 5. The predicted molar refractivity (Wildman–Crippen MR) is 105 cm³/mol. The summed E-state index contributed by atoms with van der Waals surface area (Å²) in [5, 5.41) is 13.9. The van der Waals surface area contributed by atoms with Gasteiger partial charge in [-0.05, 0) is 23.6 Å². The highest BCUT2D eigenvalue weighted by Crippen LogP contribution is 2.17. The molecule has 2 heterocycles. The third-order valence-corrected chi connectivity index (χ3v) is 4.74. The van der Waals surface area contributed by atoms with E-state index in [9.17, 15) is 0 Å². The van der Waals surface area contributed by atoms with E-state index in [1.165, 1.54) is 6.33 Å². The van der Waals surface area contributed by atoms with Crippen molar-refractivity contribution in [1.82, 2.24) is 30.4 Å². The van der Waals surface area contributed by atoms with Crippen molar-refractivity contribution in [2.24, 2.45) is 4.99 Å². The van der Waals surface area contributed by atoms with Gasteiger partial charge in [-0.3, -0.25) is 4.99 Å². The third kappa shape index (κ3) is 4.66. The number of nitrogens with one attached hydrogen (secondary N) is 2. The Hall–Kier alpha value is -2.74. The Morgan fingerprint density at radius 1 is 1.19 bits per heavy atom. The minimum atomic E-state index is 0.456. The van der Waals surface area contributed by atoms with E-state index in [0.717, 1.165) is 27.9 Å². The maximum absolute atomic E-state index is 4.63. The zero-order valence-corrected chi connectivity index (χ0v) is 16.0. The van der Waals surface area contributed by atoms with Gasteiger partial charge in [0, 0.05) is 19.0 Å². The average Bonchev–Trinajstić information content (AvgIpc) is 3.34. The number of hydrogen-bond donors (Lipinski definition) is 2. The number of thiazole rings is 1. The van der Waals surface area contributed by atoms with Gasteiger partial charge in [0.05, 0.1) is 17.9 Å². The van der Waals surface area contributed by atoms with Gasteiger partial charge in [-0.2, -0.15) is 5.10 Å². The van der Waals surface area contributed by atoms with Crippen LogP contribution in [0.15, 0.2) is 47.3 Å². The highest BCUT2D eigenvalue weighted by atomic mass is 32.1. The van der Waals surface area contributed by atoms with Crippen molar-refractivity contribution in [3.8, 4) is 5.69 Å². The van der Waals surface area contributed by atoms with Crippen LogP contribution >= 0.6 is 11.3 Å². The zero-order chi connectivity index (χ0) is 18.4. The van der Waals surface area contributed by atoms with Crippen LogP contribution in [0.3, 0.4) is 0 Å². The number of rotatable bonds is 6. The second-order valence-corrected chi connectivity index (χ2v) is 7.05. The summed E-state index contributed by atoms with van der Waals surface area (Å²) < 4.78 is 1.73. The van der Waals surface area contributed by atoms with Gasteiger partial charge >= 0.3 is 0 Å². The topological polar surface area (TPSA) is 80.0 Å². The molecule has 26 heavy (non-hydrogen) atoms. The molecule has 0 aliphatic carbocycles. The molecule has 2 aromatic heterocycles. The SMILES string of the molecule is CN=C(NCc1ccc(-n2cncn2)cc1)NCc1nc(C(C)C)cs1. The van der Waals surface area contributed by atoms with Gasteiger partial charge in [0.2, 0.25) is 0 Å². The fraction of sp³-hybridized carbons (Fsp3) is 0.333. The first-order chi connectivity index (χ1) is 12.7. The molecular formula is C18H23N7S. The monoisotopic (exact) mass is 369 g/mol. The summed E-state index contributed by atoms with van der Waals surface area (Å²) in [4.78, 5) is 12.9. The summed E-state index contributed by atoms with van der Waals surface area (Å²) in [6.07, 6.45) is 3.21.